The van der Waals surface area contributed by atoms with Crippen LogP contribution in [0.3, 0.4) is 0 Å². The summed E-state index contributed by atoms with van der Waals surface area (Å²) >= 11 is 0. The summed E-state index contributed by atoms with van der Waals surface area (Å²) in [6.07, 6.45) is 2.18. The first-order chi connectivity index (χ1) is 9.72. The smallest absolute Gasteiger partial charge is 0.123 e. The van der Waals surface area contributed by atoms with Gasteiger partial charge in [0, 0.05) is 29.2 Å². The third kappa shape index (κ3) is 3.67. The van der Waals surface area contributed by atoms with Gasteiger partial charge >= 0.3 is 0 Å². The number of hydrogen-bond acceptors (Lipinski definition) is 3. The van der Waals surface area contributed by atoms with Gasteiger partial charge in [0.05, 0.1) is 6.61 Å². The lowest BCUT2D eigenvalue weighted by atomic mass is 10.1. The molecular formula is C17H22N2O. The van der Waals surface area contributed by atoms with E-state index in [1.807, 2.05) is 31.2 Å². The van der Waals surface area contributed by atoms with Crippen molar-refractivity contribution in [1.29, 1.82) is 0 Å². The highest BCUT2D eigenvalue weighted by atomic mass is 16.5. The fourth-order valence-electron chi connectivity index (χ4n) is 2.23. The van der Waals surface area contributed by atoms with Gasteiger partial charge in [-0.1, -0.05) is 31.5 Å². The predicted molar refractivity (Wildman–Crippen MR) is 85.7 cm³/mol. The van der Waals surface area contributed by atoms with Crippen LogP contribution in [0.25, 0.3) is 0 Å². The molecule has 0 saturated heterocycles. The number of nitrogen functional groups attached to an aromatic ring is 1. The maximum Gasteiger partial charge on any atom is 0.123 e. The summed E-state index contributed by atoms with van der Waals surface area (Å²) in [5.74, 6) is 0.794. The Hall–Kier alpha value is -2.16. The molecule has 2 aromatic carbocycles. The Balaban J connectivity index is 2.25. The Labute approximate surface area is 120 Å². The summed E-state index contributed by atoms with van der Waals surface area (Å²) in [5.41, 5.74) is 10.0. The summed E-state index contributed by atoms with van der Waals surface area (Å²) in [6.45, 7) is 4.78. The molecule has 2 aromatic rings. The van der Waals surface area contributed by atoms with E-state index in [0.29, 0.717) is 12.3 Å². The number of rotatable bonds is 6. The first-order valence-electron chi connectivity index (χ1n) is 7.11. The minimum absolute atomic E-state index is 0.634. The molecule has 106 valence electrons. The average Bonchev–Trinajstić information content (AvgIpc) is 2.41. The molecule has 0 amide bonds. The molecule has 0 atom stereocenters. The summed E-state index contributed by atoms with van der Waals surface area (Å²) < 4.78 is 5.52. The highest BCUT2D eigenvalue weighted by molar-refractivity contribution is 5.68. The number of anilines is 3. The molecule has 0 bridgehead atoms. The van der Waals surface area contributed by atoms with Crippen molar-refractivity contribution in [3.05, 3.63) is 48.0 Å². The molecule has 3 heteroatoms. The molecule has 0 spiro atoms. The molecule has 0 heterocycles. The van der Waals surface area contributed by atoms with E-state index in [2.05, 4.69) is 30.4 Å². The standard InChI is InChI=1S/C17H22N2O/c1-3-7-13-8-5-6-9-17(13)19-15-10-14(18)11-16(12-15)20-4-2/h5-6,8-12,19H,3-4,7,18H2,1-2H3. The van der Waals surface area contributed by atoms with Crippen LogP contribution in [0.4, 0.5) is 17.1 Å². The van der Waals surface area contributed by atoms with Crippen LogP contribution in [0.15, 0.2) is 42.5 Å². The van der Waals surface area contributed by atoms with E-state index < -0.39 is 0 Å². The van der Waals surface area contributed by atoms with Crippen molar-refractivity contribution in [2.75, 3.05) is 17.7 Å². The van der Waals surface area contributed by atoms with Crippen molar-refractivity contribution in [2.45, 2.75) is 26.7 Å². The number of nitrogens with two attached hydrogens (primary N) is 1. The molecule has 0 fully saturated rings. The van der Waals surface area contributed by atoms with Gasteiger partial charge in [-0.25, -0.2) is 0 Å². The second kappa shape index (κ2) is 6.85. The van der Waals surface area contributed by atoms with Gasteiger partial charge in [0.2, 0.25) is 0 Å². The SMILES string of the molecule is CCCc1ccccc1Nc1cc(N)cc(OCC)c1. The maximum atomic E-state index is 5.92. The molecule has 0 aromatic heterocycles. The number of aryl methyl sites for hydroxylation is 1. The Bertz CT molecular complexity index is 567. The first kappa shape index (κ1) is 14.3. The van der Waals surface area contributed by atoms with E-state index >= 15 is 0 Å². The normalized spacial score (nSPS) is 10.3. The maximum absolute atomic E-state index is 5.92. The van der Waals surface area contributed by atoms with Crippen LogP contribution in [0.5, 0.6) is 5.75 Å². The lowest BCUT2D eigenvalue weighted by Gasteiger charge is -2.13. The van der Waals surface area contributed by atoms with Crippen LogP contribution < -0.4 is 15.8 Å². The Morgan fingerprint density at radius 2 is 1.90 bits per heavy atom. The fourth-order valence-corrected chi connectivity index (χ4v) is 2.23. The van der Waals surface area contributed by atoms with Crippen LogP contribution in [-0.2, 0) is 6.42 Å². The lowest BCUT2D eigenvalue weighted by Crippen LogP contribution is -1.99. The van der Waals surface area contributed by atoms with Gasteiger partial charge in [-0.15, -0.1) is 0 Å². The van der Waals surface area contributed by atoms with Gasteiger partial charge in [-0.05, 0) is 31.0 Å². The molecule has 0 unspecified atom stereocenters. The molecule has 0 aliphatic heterocycles. The largest absolute Gasteiger partial charge is 0.494 e. The fraction of sp³-hybridized carbons (Fsp3) is 0.294. The van der Waals surface area contributed by atoms with E-state index in [0.717, 1.165) is 30.0 Å². The number of benzene rings is 2. The van der Waals surface area contributed by atoms with Crippen LogP contribution in [-0.4, -0.2) is 6.61 Å². The first-order valence-corrected chi connectivity index (χ1v) is 7.11. The van der Waals surface area contributed by atoms with Crippen molar-refractivity contribution in [1.82, 2.24) is 0 Å². The summed E-state index contributed by atoms with van der Waals surface area (Å²) in [7, 11) is 0. The van der Waals surface area contributed by atoms with Crippen molar-refractivity contribution >= 4 is 17.1 Å². The predicted octanol–water partition coefficient (Wildman–Crippen LogP) is 4.36. The van der Waals surface area contributed by atoms with Gasteiger partial charge in [0.25, 0.3) is 0 Å². The molecule has 2 rings (SSSR count). The number of ether oxygens (including phenoxy) is 1. The van der Waals surface area contributed by atoms with E-state index in [9.17, 15) is 0 Å². The van der Waals surface area contributed by atoms with Crippen molar-refractivity contribution in [3.8, 4) is 5.75 Å². The molecule has 3 nitrogen and oxygen atoms in total. The van der Waals surface area contributed by atoms with Gasteiger partial charge in [0.1, 0.15) is 5.75 Å². The summed E-state index contributed by atoms with van der Waals surface area (Å²) in [5, 5.41) is 3.44. The monoisotopic (exact) mass is 270 g/mol. The Morgan fingerprint density at radius 1 is 1.10 bits per heavy atom. The van der Waals surface area contributed by atoms with Gasteiger partial charge in [-0.2, -0.15) is 0 Å². The number of hydrogen-bond donors (Lipinski definition) is 2. The van der Waals surface area contributed by atoms with Crippen LogP contribution in [0.2, 0.25) is 0 Å². The molecule has 0 aliphatic rings. The zero-order chi connectivity index (χ0) is 14.4. The zero-order valence-corrected chi connectivity index (χ0v) is 12.1. The molecule has 20 heavy (non-hydrogen) atoms. The highest BCUT2D eigenvalue weighted by Gasteiger charge is 2.04. The van der Waals surface area contributed by atoms with Gasteiger partial charge in [-0.3, -0.25) is 0 Å². The van der Waals surface area contributed by atoms with Crippen molar-refractivity contribution in [3.63, 3.8) is 0 Å². The summed E-state index contributed by atoms with van der Waals surface area (Å²) in [6, 6.07) is 14.1. The van der Waals surface area contributed by atoms with E-state index in [1.54, 1.807) is 0 Å². The van der Waals surface area contributed by atoms with E-state index in [1.165, 1.54) is 5.56 Å². The van der Waals surface area contributed by atoms with Crippen LogP contribution >= 0.6 is 0 Å². The lowest BCUT2D eigenvalue weighted by molar-refractivity contribution is 0.340. The van der Waals surface area contributed by atoms with Crippen molar-refractivity contribution in [2.24, 2.45) is 0 Å². The topological polar surface area (TPSA) is 47.3 Å². The summed E-state index contributed by atoms with van der Waals surface area (Å²) in [4.78, 5) is 0. The van der Waals surface area contributed by atoms with Gasteiger partial charge < -0.3 is 15.8 Å². The second-order valence-electron chi connectivity index (χ2n) is 4.76. The zero-order valence-electron chi connectivity index (χ0n) is 12.1. The van der Waals surface area contributed by atoms with Gasteiger partial charge in [0.15, 0.2) is 0 Å². The quantitative estimate of drug-likeness (QED) is 0.766. The third-order valence-electron chi connectivity index (χ3n) is 3.06. The second-order valence-corrected chi connectivity index (χ2v) is 4.76. The Morgan fingerprint density at radius 3 is 2.65 bits per heavy atom. The molecular weight excluding hydrogens is 248 g/mol. The average molecular weight is 270 g/mol. The molecule has 3 N–H and O–H groups in total. The third-order valence-corrected chi connectivity index (χ3v) is 3.06. The van der Waals surface area contributed by atoms with E-state index in [4.69, 9.17) is 10.5 Å². The molecule has 0 radical (unpaired) electrons. The minimum Gasteiger partial charge on any atom is -0.494 e. The minimum atomic E-state index is 0.634. The highest BCUT2D eigenvalue weighted by Crippen LogP contribution is 2.27. The molecule has 0 saturated carbocycles. The van der Waals surface area contributed by atoms with Crippen LogP contribution in [0, 0.1) is 0 Å². The number of para-hydroxylation sites is 1. The van der Waals surface area contributed by atoms with Crippen molar-refractivity contribution < 1.29 is 4.74 Å². The molecule has 0 aliphatic carbocycles. The number of nitrogens with one attached hydrogen (secondary N) is 1. The Kier molecular flexibility index (Phi) is 4.88. The van der Waals surface area contributed by atoms with Crippen LogP contribution in [0.1, 0.15) is 25.8 Å². The van der Waals surface area contributed by atoms with E-state index in [-0.39, 0.29) is 0 Å².